The van der Waals surface area contributed by atoms with Crippen LogP contribution >= 0.6 is 0 Å². The molecule has 102 valence electrons. The van der Waals surface area contributed by atoms with E-state index in [2.05, 4.69) is 23.6 Å². The maximum atomic E-state index is 11.0. The van der Waals surface area contributed by atoms with E-state index in [1.54, 1.807) is 0 Å². The first kappa shape index (κ1) is 13.6. The number of aromatic nitrogens is 1. The summed E-state index contributed by atoms with van der Waals surface area (Å²) in [5.74, 6) is -0.794. The van der Waals surface area contributed by atoms with Gasteiger partial charge >= 0.3 is 5.97 Å². The molecule has 0 amide bonds. The summed E-state index contributed by atoms with van der Waals surface area (Å²) in [7, 11) is 0. The minimum Gasteiger partial charge on any atom is -0.481 e. The van der Waals surface area contributed by atoms with Crippen LogP contribution in [-0.2, 0) is 17.8 Å². The number of fused-ring (bicyclic) bond motifs is 1. The summed E-state index contributed by atoms with van der Waals surface area (Å²) in [4.78, 5) is 11.0. The van der Waals surface area contributed by atoms with Crippen molar-refractivity contribution in [3.8, 4) is 0 Å². The lowest BCUT2D eigenvalue weighted by Gasteiger charge is -2.07. The van der Waals surface area contributed by atoms with Crippen LogP contribution < -0.4 is 5.73 Å². The van der Waals surface area contributed by atoms with Crippen LogP contribution in [-0.4, -0.2) is 22.2 Å². The Kier molecular flexibility index (Phi) is 3.90. The molecule has 0 saturated heterocycles. The third-order valence-corrected chi connectivity index (χ3v) is 3.33. The van der Waals surface area contributed by atoms with Gasteiger partial charge in [0.15, 0.2) is 0 Å². The standard InChI is InChI=1S/C15H20N2O2/c1-10-6-11(2)15-13(7-10)12(8-14(18)19)9-17(15)5-3-4-16/h6-7,9H,3-5,8,16H2,1-2H3,(H,18,19). The van der Waals surface area contributed by atoms with Crippen molar-refractivity contribution in [1.29, 1.82) is 0 Å². The SMILES string of the molecule is Cc1cc(C)c2c(c1)c(CC(=O)O)cn2CCCN. The molecular formula is C15H20N2O2. The molecule has 0 radical (unpaired) electrons. The van der Waals surface area contributed by atoms with Gasteiger partial charge in [0.2, 0.25) is 0 Å². The van der Waals surface area contributed by atoms with Gasteiger partial charge in [0, 0.05) is 18.1 Å². The van der Waals surface area contributed by atoms with Crippen LogP contribution in [0.3, 0.4) is 0 Å². The molecule has 0 saturated carbocycles. The van der Waals surface area contributed by atoms with E-state index >= 15 is 0 Å². The van der Waals surface area contributed by atoms with E-state index in [1.165, 1.54) is 5.56 Å². The van der Waals surface area contributed by atoms with Crippen LogP contribution in [0.25, 0.3) is 10.9 Å². The highest BCUT2D eigenvalue weighted by Gasteiger charge is 2.13. The van der Waals surface area contributed by atoms with Crippen molar-refractivity contribution in [2.75, 3.05) is 6.54 Å². The number of carboxylic acids is 1. The molecule has 0 spiro atoms. The van der Waals surface area contributed by atoms with E-state index < -0.39 is 5.97 Å². The molecule has 0 aliphatic rings. The first-order valence-electron chi connectivity index (χ1n) is 6.53. The number of hydrogen-bond acceptors (Lipinski definition) is 2. The van der Waals surface area contributed by atoms with Crippen molar-refractivity contribution < 1.29 is 9.90 Å². The predicted octanol–water partition coefficient (Wildman–Crippen LogP) is 2.23. The molecule has 0 atom stereocenters. The zero-order valence-corrected chi connectivity index (χ0v) is 11.4. The Hall–Kier alpha value is -1.81. The lowest BCUT2D eigenvalue weighted by Crippen LogP contribution is -2.05. The molecule has 0 aliphatic heterocycles. The number of hydrogen-bond donors (Lipinski definition) is 2. The fourth-order valence-electron chi connectivity index (χ4n) is 2.65. The number of nitrogens with zero attached hydrogens (tertiary/aromatic N) is 1. The number of carbonyl (C=O) groups is 1. The first-order chi connectivity index (χ1) is 9.02. The molecular weight excluding hydrogens is 240 g/mol. The normalized spacial score (nSPS) is 11.1. The smallest absolute Gasteiger partial charge is 0.307 e. The van der Waals surface area contributed by atoms with Crippen molar-refractivity contribution in [2.45, 2.75) is 33.2 Å². The van der Waals surface area contributed by atoms with Crippen molar-refractivity contribution in [1.82, 2.24) is 4.57 Å². The quantitative estimate of drug-likeness (QED) is 0.866. The Bertz CT molecular complexity index is 614. The third kappa shape index (κ3) is 2.79. The lowest BCUT2D eigenvalue weighted by molar-refractivity contribution is -0.136. The van der Waals surface area contributed by atoms with Gasteiger partial charge in [-0.2, -0.15) is 0 Å². The number of benzene rings is 1. The van der Waals surface area contributed by atoms with Crippen LogP contribution in [0.1, 0.15) is 23.1 Å². The minimum absolute atomic E-state index is 0.0645. The Morgan fingerprint density at radius 2 is 2.11 bits per heavy atom. The molecule has 2 aromatic rings. The van der Waals surface area contributed by atoms with Gasteiger partial charge in [-0.1, -0.05) is 11.6 Å². The van der Waals surface area contributed by atoms with Crippen molar-refractivity contribution >= 4 is 16.9 Å². The Morgan fingerprint density at radius 1 is 1.37 bits per heavy atom. The topological polar surface area (TPSA) is 68.2 Å². The predicted molar refractivity (Wildman–Crippen MR) is 76.4 cm³/mol. The average Bonchev–Trinajstić information content (AvgIpc) is 2.64. The molecule has 19 heavy (non-hydrogen) atoms. The Labute approximate surface area is 112 Å². The monoisotopic (exact) mass is 260 g/mol. The molecule has 1 aromatic heterocycles. The van der Waals surface area contributed by atoms with Crippen LogP contribution in [0.2, 0.25) is 0 Å². The van der Waals surface area contributed by atoms with Gasteiger partial charge in [0.05, 0.1) is 11.9 Å². The van der Waals surface area contributed by atoms with E-state index in [1.807, 2.05) is 13.1 Å². The number of rotatable bonds is 5. The molecule has 3 N–H and O–H groups in total. The first-order valence-corrected chi connectivity index (χ1v) is 6.53. The van der Waals surface area contributed by atoms with E-state index in [-0.39, 0.29) is 6.42 Å². The Balaban J connectivity index is 2.59. The van der Waals surface area contributed by atoms with E-state index in [0.29, 0.717) is 6.54 Å². The van der Waals surface area contributed by atoms with Gasteiger partial charge in [-0.3, -0.25) is 4.79 Å². The van der Waals surface area contributed by atoms with Crippen LogP contribution in [0.4, 0.5) is 0 Å². The summed E-state index contributed by atoms with van der Waals surface area (Å²) >= 11 is 0. The van der Waals surface area contributed by atoms with Gasteiger partial charge in [-0.25, -0.2) is 0 Å². The van der Waals surface area contributed by atoms with Crippen molar-refractivity contribution in [2.24, 2.45) is 5.73 Å². The molecule has 1 aromatic carbocycles. The summed E-state index contributed by atoms with van der Waals surface area (Å²) in [6, 6.07) is 4.20. The molecule has 0 unspecified atom stereocenters. The summed E-state index contributed by atoms with van der Waals surface area (Å²) in [5, 5.41) is 10.1. The number of aliphatic carboxylic acids is 1. The second kappa shape index (κ2) is 5.45. The van der Waals surface area contributed by atoms with Gasteiger partial charge in [0.1, 0.15) is 0 Å². The number of nitrogens with two attached hydrogens (primary N) is 1. The molecule has 0 bridgehead atoms. The largest absolute Gasteiger partial charge is 0.481 e. The average molecular weight is 260 g/mol. The van der Waals surface area contributed by atoms with Gasteiger partial charge in [-0.05, 0) is 44.0 Å². The van der Waals surface area contributed by atoms with Gasteiger partial charge in [0.25, 0.3) is 0 Å². The summed E-state index contributed by atoms with van der Waals surface area (Å²) in [6.07, 6.45) is 2.92. The lowest BCUT2D eigenvalue weighted by atomic mass is 10.0. The fourth-order valence-corrected chi connectivity index (χ4v) is 2.65. The van der Waals surface area contributed by atoms with Gasteiger partial charge in [-0.15, -0.1) is 0 Å². The van der Waals surface area contributed by atoms with Gasteiger partial charge < -0.3 is 15.4 Å². The van der Waals surface area contributed by atoms with Crippen LogP contribution in [0.5, 0.6) is 0 Å². The third-order valence-electron chi connectivity index (χ3n) is 3.33. The zero-order valence-electron chi connectivity index (χ0n) is 11.4. The summed E-state index contributed by atoms with van der Waals surface area (Å²) < 4.78 is 2.13. The van der Waals surface area contributed by atoms with Crippen molar-refractivity contribution in [3.05, 3.63) is 35.0 Å². The number of carboxylic acid groups (broad SMARTS) is 1. The Morgan fingerprint density at radius 3 is 2.74 bits per heavy atom. The fraction of sp³-hybridized carbons (Fsp3) is 0.400. The maximum absolute atomic E-state index is 11.0. The highest BCUT2D eigenvalue weighted by Crippen LogP contribution is 2.27. The van der Waals surface area contributed by atoms with E-state index in [0.717, 1.165) is 35.0 Å². The maximum Gasteiger partial charge on any atom is 0.307 e. The molecule has 0 aliphatic carbocycles. The van der Waals surface area contributed by atoms with Crippen molar-refractivity contribution in [3.63, 3.8) is 0 Å². The highest BCUT2D eigenvalue weighted by molar-refractivity contribution is 5.90. The van der Waals surface area contributed by atoms with E-state index in [9.17, 15) is 4.79 Å². The number of aryl methyl sites for hydroxylation is 3. The molecule has 2 rings (SSSR count). The molecule has 4 heteroatoms. The van der Waals surface area contributed by atoms with Crippen LogP contribution in [0, 0.1) is 13.8 Å². The molecule has 0 fully saturated rings. The minimum atomic E-state index is -0.794. The second-order valence-corrected chi connectivity index (χ2v) is 5.04. The van der Waals surface area contributed by atoms with Crippen LogP contribution in [0.15, 0.2) is 18.3 Å². The summed E-state index contributed by atoms with van der Waals surface area (Å²) in [6.45, 7) is 5.57. The molecule has 1 heterocycles. The van der Waals surface area contributed by atoms with E-state index in [4.69, 9.17) is 10.8 Å². The zero-order chi connectivity index (χ0) is 14.0. The highest BCUT2D eigenvalue weighted by atomic mass is 16.4. The molecule has 4 nitrogen and oxygen atoms in total. The summed E-state index contributed by atoms with van der Waals surface area (Å²) in [5.41, 5.74) is 9.92. The second-order valence-electron chi connectivity index (χ2n) is 5.04.